The lowest BCUT2D eigenvalue weighted by molar-refractivity contribution is -0.110. The summed E-state index contributed by atoms with van der Waals surface area (Å²) in [5, 5.41) is 12.8. The summed E-state index contributed by atoms with van der Waals surface area (Å²) in [4.78, 5) is 23.7. The molecule has 2 aliphatic rings. The van der Waals surface area contributed by atoms with Crippen LogP contribution in [0.4, 0.5) is 17.1 Å². The van der Waals surface area contributed by atoms with E-state index in [9.17, 15) is 4.79 Å². The molecule has 0 radical (unpaired) electrons. The zero-order chi connectivity index (χ0) is 19.6. The van der Waals surface area contributed by atoms with Gasteiger partial charge in [-0.15, -0.1) is 11.3 Å². The number of carbonyl (C=O) groups is 1. The van der Waals surface area contributed by atoms with Gasteiger partial charge in [0, 0.05) is 45.3 Å². The van der Waals surface area contributed by atoms with Crippen LogP contribution >= 0.6 is 11.3 Å². The fraction of sp³-hybridized carbons (Fsp3) is 0.300. The van der Waals surface area contributed by atoms with Crippen LogP contribution in [0.25, 0.3) is 10.2 Å². The van der Waals surface area contributed by atoms with Gasteiger partial charge in [-0.05, 0) is 24.3 Å². The molecule has 1 amide bonds. The standard InChI is InChI=1S/C20H21N7OS/c28-20(24-17-12-22-5-3-18(17)26-9-6-21-7-10-26)15-4-8-27(25-15)14-1-2-19-16(11-14)23-13-29-19/h1-3,5,11-13,21H,4,6-10H2,(H,24,28). The number of anilines is 3. The van der Waals surface area contributed by atoms with Crippen molar-refractivity contribution < 1.29 is 4.79 Å². The number of thiazole rings is 1. The molecule has 0 unspecified atom stereocenters. The number of amides is 1. The summed E-state index contributed by atoms with van der Waals surface area (Å²) in [6.45, 7) is 4.35. The highest BCUT2D eigenvalue weighted by molar-refractivity contribution is 7.16. The first-order chi connectivity index (χ1) is 14.3. The molecule has 1 aromatic carbocycles. The van der Waals surface area contributed by atoms with Crippen molar-refractivity contribution in [2.24, 2.45) is 5.10 Å². The summed E-state index contributed by atoms with van der Waals surface area (Å²) in [6.07, 6.45) is 4.07. The molecule has 2 N–H and O–H groups in total. The first kappa shape index (κ1) is 18.0. The van der Waals surface area contributed by atoms with Gasteiger partial charge in [-0.25, -0.2) is 4.98 Å². The van der Waals surface area contributed by atoms with E-state index in [1.807, 2.05) is 34.8 Å². The number of hydrogen-bond donors (Lipinski definition) is 2. The van der Waals surface area contributed by atoms with Crippen molar-refractivity contribution in [1.82, 2.24) is 15.3 Å². The number of hydrogen-bond acceptors (Lipinski definition) is 8. The topological polar surface area (TPSA) is 85.8 Å². The summed E-state index contributed by atoms with van der Waals surface area (Å²) in [7, 11) is 0. The van der Waals surface area contributed by atoms with Crippen LogP contribution in [0.1, 0.15) is 6.42 Å². The zero-order valence-electron chi connectivity index (χ0n) is 15.8. The van der Waals surface area contributed by atoms with Gasteiger partial charge in [-0.3, -0.25) is 14.8 Å². The van der Waals surface area contributed by atoms with Crippen molar-refractivity contribution in [3.63, 3.8) is 0 Å². The number of carbonyl (C=O) groups excluding carboxylic acids is 1. The lowest BCUT2D eigenvalue weighted by Crippen LogP contribution is -2.43. The molecule has 9 heteroatoms. The van der Waals surface area contributed by atoms with Crippen LogP contribution in [0.15, 0.2) is 47.3 Å². The maximum atomic E-state index is 12.9. The number of pyridine rings is 1. The van der Waals surface area contributed by atoms with Crippen LogP contribution in [0.2, 0.25) is 0 Å². The molecule has 2 aliphatic heterocycles. The van der Waals surface area contributed by atoms with E-state index in [2.05, 4.69) is 30.6 Å². The van der Waals surface area contributed by atoms with Crippen molar-refractivity contribution in [2.75, 3.05) is 47.9 Å². The highest BCUT2D eigenvalue weighted by Crippen LogP contribution is 2.27. The third kappa shape index (κ3) is 3.66. The zero-order valence-corrected chi connectivity index (χ0v) is 16.7. The van der Waals surface area contributed by atoms with Crippen LogP contribution in [0.5, 0.6) is 0 Å². The molecule has 8 nitrogen and oxygen atoms in total. The Bertz CT molecular complexity index is 1070. The quantitative estimate of drug-likeness (QED) is 0.690. The third-order valence-corrected chi connectivity index (χ3v) is 5.99. The molecule has 2 aromatic heterocycles. The maximum absolute atomic E-state index is 12.9. The second kappa shape index (κ2) is 7.76. The second-order valence-electron chi connectivity index (χ2n) is 7.01. The van der Waals surface area contributed by atoms with Crippen molar-refractivity contribution in [3.05, 3.63) is 42.2 Å². The fourth-order valence-corrected chi connectivity index (χ4v) is 4.33. The second-order valence-corrected chi connectivity index (χ2v) is 7.89. The fourth-order valence-electron chi connectivity index (χ4n) is 3.67. The van der Waals surface area contributed by atoms with Gasteiger partial charge in [0.05, 0.1) is 39.0 Å². The van der Waals surface area contributed by atoms with Gasteiger partial charge in [-0.1, -0.05) is 0 Å². The van der Waals surface area contributed by atoms with Gasteiger partial charge in [0.15, 0.2) is 0 Å². The summed E-state index contributed by atoms with van der Waals surface area (Å²) in [5.41, 5.74) is 6.00. The normalized spacial score (nSPS) is 16.9. The van der Waals surface area contributed by atoms with E-state index in [1.165, 1.54) is 0 Å². The van der Waals surface area contributed by atoms with Gasteiger partial charge in [0.1, 0.15) is 5.71 Å². The molecular formula is C20H21N7OS. The number of hydrazone groups is 1. The van der Waals surface area contributed by atoms with Crippen molar-refractivity contribution in [3.8, 4) is 0 Å². The number of fused-ring (bicyclic) bond motifs is 1. The maximum Gasteiger partial charge on any atom is 0.272 e. The molecule has 0 atom stereocenters. The molecule has 0 bridgehead atoms. The summed E-state index contributed by atoms with van der Waals surface area (Å²) >= 11 is 1.61. The molecule has 29 heavy (non-hydrogen) atoms. The molecule has 0 aliphatic carbocycles. The minimum absolute atomic E-state index is 0.174. The predicted molar refractivity (Wildman–Crippen MR) is 117 cm³/mol. The number of aromatic nitrogens is 2. The summed E-state index contributed by atoms with van der Waals surface area (Å²) in [5.74, 6) is -0.174. The highest BCUT2D eigenvalue weighted by Gasteiger charge is 2.23. The number of benzene rings is 1. The average Bonchev–Trinajstić information content (AvgIpc) is 3.44. The predicted octanol–water partition coefficient (Wildman–Crippen LogP) is 2.31. The van der Waals surface area contributed by atoms with E-state index in [-0.39, 0.29) is 5.91 Å². The minimum Gasteiger partial charge on any atom is -0.367 e. The monoisotopic (exact) mass is 407 g/mol. The van der Waals surface area contributed by atoms with Crippen molar-refractivity contribution >= 4 is 50.2 Å². The third-order valence-electron chi connectivity index (χ3n) is 5.18. The van der Waals surface area contributed by atoms with Crippen LogP contribution in [0, 0.1) is 0 Å². The molecule has 148 valence electrons. The van der Waals surface area contributed by atoms with Gasteiger partial charge in [0.25, 0.3) is 5.91 Å². The van der Waals surface area contributed by atoms with E-state index >= 15 is 0 Å². The van der Waals surface area contributed by atoms with Crippen LogP contribution in [0.3, 0.4) is 0 Å². The summed E-state index contributed by atoms with van der Waals surface area (Å²) in [6, 6.07) is 8.03. The number of nitrogens with one attached hydrogen (secondary N) is 2. The number of piperazine rings is 1. The van der Waals surface area contributed by atoms with Crippen molar-refractivity contribution in [2.45, 2.75) is 6.42 Å². The van der Waals surface area contributed by atoms with Gasteiger partial charge in [0.2, 0.25) is 0 Å². The Hall–Kier alpha value is -3.04. The van der Waals surface area contributed by atoms with E-state index in [1.54, 1.807) is 23.7 Å². The van der Waals surface area contributed by atoms with Gasteiger partial charge >= 0.3 is 0 Å². The Morgan fingerprint density at radius 3 is 2.97 bits per heavy atom. The number of nitrogens with zero attached hydrogens (tertiary/aromatic N) is 5. The highest BCUT2D eigenvalue weighted by atomic mass is 32.1. The van der Waals surface area contributed by atoms with E-state index in [0.717, 1.165) is 53.5 Å². The molecule has 0 spiro atoms. The summed E-state index contributed by atoms with van der Waals surface area (Å²) < 4.78 is 1.15. The Morgan fingerprint density at radius 2 is 2.07 bits per heavy atom. The molecule has 5 rings (SSSR count). The Labute approximate surface area is 172 Å². The SMILES string of the molecule is O=C(Nc1cnccc1N1CCNCC1)C1=NN(c2ccc3scnc3c2)CC1. The number of rotatable bonds is 4. The van der Waals surface area contributed by atoms with E-state index in [4.69, 9.17) is 0 Å². The minimum atomic E-state index is -0.174. The first-order valence-electron chi connectivity index (χ1n) is 9.67. The molecule has 1 saturated heterocycles. The molecule has 1 fully saturated rings. The van der Waals surface area contributed by atoms with Crippen LogP contribution in [-0.4, -0.2) is 54.3 Å². The lowest BCUT2D eigenvalue weighted by atomic mass is 10.2. The van der Waals surface area contributed by atoms with Crippen LogP contribution < -0.4 is 20.5 Å². The smallest absolute Gasteiger partial charge is 0.272 e. The molecule has 4 heterocycles. The lowest BCUT2D eigenvalue weighted by Gasteiger charge is -2.30. The average molecular weight is 408 g/mol. The van der Waals surface area contributed by atoms with E-state index in [0.29, 0.717) is 18.7 Å². The Kier molecular flexibility index (Phi) is 4.82. The van der Waals surface area contributed by atoms with Gasteiger partial charge < -0.3 is 15.5 Å². The van der Waals surface area contributed by atoms with Crippen LogP contribution in [-0.2, 0) is 4.79 Å². The molecule has 0 saturated carbocycles. The molecular weight excluding hydrogens is 386 g/mol. The Morgan fingerprint density at radius 1 is 1.17 bits per heavy atom. The first-order valence-corrected chi connectivity index (χ1v) is 10.6. The molecule has 3 aromatic rings. The van der Waals surface area contributed by atoms with E-state index < -0.39 is 0 Å². The Balaban J connectivity index is 1.33. The van der Waals surface area contributed by atoms with Crippen molar-refractivity contribution in [1.29, 1.82) is 0 Å². The van der Waals surface area contributed by atoms with Gasteiger partial charge in [-0.2, -0.15) is 5.10 Å². The largest absolute Gasteiger partial charge is 0.367 e.